The predicted octanol–water partition coefficient (Wildman–Crippen LogP) is 1.51. The zero-order chi connectivity index (χ0) is 13.0. The molecular weight excluding hydrogens is 234 g/mol. The van der Waals surface area contributed by atoms with Crippen molar-refractivity contribution >= 4 is 11.9 Å². The van der Waals surface area contributed by atoms with Crippen molar-refractivity contribution in [2.75, 3.05) is 13.7 Å². The zero-order valence-electron chi connectivity index (χ0n) is 10.1. The van der Waals surface area contributed by atoms with Crippen LogP contribution in [0.15, 0.2) is 29.3 Å². The molecule has 5 heteroatoms. The topological polar surface area (TPSA) is 68.1 Å². The van der Waals surface area contributed by atoms with E-state index >= 15 is 0 Å². The third-order valence-electron chi connectivity index (χ3n) is 2.68. The van der Waals surface area contributed by atoms with Crippen molar-refractivity contribution in [2.24, 2.45) is 4.99 Å². The zero-order valence-corrected chi connectivity index (χ0v) is 10.1. The molecule has 18 heavy (non-hydrogen) atoms. The molecule has 96 valence electrons. The first kappa shape index (κ1) is 12.4. The fraction of sp³-hybridized carbons (Fsp3) is 0.385. The lowest BCUT2D eigenvalue weighted by atomic mass is 10.1. The number of carbonyl (C=O) groups is 1. The molecule has 1 aromatic carbocycles. The molecule has 0 radical (unpaired) electrons. The smallest absolute Gasteiger partial charge is 0.312 e. The third-order valence-corrected chi connectivity index (χ3v) is 2.68. The minimum Gasteiger partial charge on any atom is -0.497 e. The number of carboxylic acids is 1. The summed E-state index contributed by atoms with van der Waals surface area (Å²) in [6.07, 6.45) is 0.578. The van der Waals surface area contributed by atoms with Crippen LogP contribution in [0.1, 0.15) is 12.0 Å². The van der Waals surface area contributed by atoms with Crippen LogP contribution in [0.4, 0.5) is 0 Å². The van der Waals surface area contributed by atoms with Crippen molar-refractivity contribution in [2.45, 2.75) is 18.9 Å². The molecule has 0 aromatic heterocycles. The number of aliphatic carboxylic acids is 1. The number of methoxy groups -OCH3 is 1. The van der Waals surface area contributed by atoms with Crippen LogP contribution in [-0.4, -0.2) is 36.7 Å². The Labute approximate surface area is 105 Å². The van der Waals surface area contributed by atoms with E-state index in [0.717, 1.165) is 17.7 Å². The van der Waals surface area contributed by atoms with Crippen LogP contribution in [0.3, 0.4) is 0 Å². The van der Waals surface area contributed by atoms with Crippen LogP contribution in [0.5, 0.6) is 5.75 Å². The van der Waals surface area contributed by atoms with E-state index in [-0.39, 0.29) is 12.5 Å². The van der Waals surface area contributed by atoms with Gasteiger partial charge in [-0.2, -0.15) is 0 Å². The van der Waals surface area contributed by atoms with Gasteiger partial charge in [-0.1, -0.05) is 12.1 Å². The Morgan fingerprint density at radius 2 is 2.44 bits per heavy atom. The van der Waals surface area contributed by atoms with E-state index in [2.05, 4.69) is 4.99 Å². The van der Waals surface area contributed by atoms with Crippen LogP contribution < -0.4 is 4.74 Å². The molecule has 1 aliphatic heterocycles. The third kappa shape index (κ3) is 3.23. The molecule has 0 amide bonds. The van der Waals surface area contributed by atoms with E-state index in [0.29, 0.717) is 12.5 Å². The maximum atomic E-state index is 10.5. The maximum Gasteiger partial charge on any atom is 0.312 e. The Hall–Kier alpha value is -2.04. The summed E-state index contributed by atoms with van der Waals surface area (Å²) in [6, 6.07) is 7.74. The molecular formula is C13H15NO4. The van der Waals surface area contributed by atoms with Gasteiger partial charge in [0.15, 0.2) is 5.90 Å². The molecule has 0 saturated heterocycles. The first-order chi connectivity index (χ1) is 8.67. The van der Waals surface area contributed by atoms with Gasteiger partial charge in [-0.25, -0.2) is 4.99 Å². The van der Waals surface area contributed by atoms with Crippen LogP contribution in [0, 0.1) is 0 Å². The van der Waals surface area contributed by atoms with Crippen molar-refractivity contribution in [1.29, 1.82) is 0 Å². The molecule has 1 aliphatic rings. The molecule has 2 rings (SSSR count). The molecule has 1 unspecified atom stereocenters. The molecule has 1 heterocycles. The highest BCUT2D eigenvalue weighted by Crippen LogP contribution is 2.17. The summed E-state index contributed by atoms with van der Waals surface area (Å²) in [7, 11) is 1.63. The molecule has 0 saturated carbocycles. The van der Waals surface area contributed by atoms with E-state index in [1.807, 2.05) is 24.3 Å². The Morgan fingerprint density at radius 1 is 1.61 bits per heavy atom. The van der Waals surface area contributed by atoms with Crippen molar-refractivity contribution < 1.29 is 19.4 Å². The second kappa shape index (κ2) is 5.53. The van der Waals surface area contributed by atoms with Crippen LogP contribution in [0.2, 0.25) is 0 Å². The van der Waals surface area contributed by atoms with Gasteiger partial charge in [0.2, 0.25) is 0 Å². The van der Waals surface area contributed by atoms with Crippen molar-refractivity contribution in [1.82, 2.24) is 0 Å². The molecule has 0 aliphatic carbocycles. The average Bonchev–Trinajstić information content (AvgIpc) is 2.76. The fourth-order valence-corrected chi connectivity index (χ4v) is 1.87. The van der Waals surface area contributed by atoms with Crippen molar-refractivity contribution in [3.05, 3.63) is 29.8 Å². The first-order valence-electron chi connectivity index (χ1n) is 5.71. The number of nitrogens with zero attached hydrogens (tertiary/aromatic N) is 1. The summed E-state index contributed by atoms with van der Waals surface area (Å²) in [4.78, 5) is 14.8. The van der Waals surface area contributed by atoms with Gasteiger partial charge in [0.1, 0.15) is 18.8 Å². The van der Waals surface area contributed by atoms with Gasteiger partial charge in [-0.15, -0.1) is 0 Å². The second-order valence-corrected chi connectivity index (χ2v) is 4.11. The summed E-state index contributed by atoms with van der Waals surface area (Å²) < 4.78 is 10.4. The predicted molar refractivity (Wildman–Crippen MR) is 66.1 cm³/mol. The minimum atomic E-state index is -0.921. The van der Waals surface area contributed by atoms with E-state index in [9.17, 15) is 4.79 Å². The molecule has 0 fully saturated rings. The number of hydrogen-bond acceptors (Lipinski definition) is 4. The summed E-state index contributed by atoms with van der Waals surface area (Å²) in [6.45, 7) is 0.444. The van der Waals surface area contributed by atoms with Gasteiger partial charge in [-0.05, 0) is 24.1 Å². The number of aliphatic imine (C=N–C) groups is 1. The van der Waals surface area contributed by atoms with Gasteiger partial charge < -0.3 is 14.6 Å². The first-order valence-corrected chi connectivity index (χ1v) is 5.71. The summed E-state index contributed by atoms with van der Waals surface area (Å²) in [5, 5.41) is 8.64. The Kier molecular flexibility index (Phi) is 3.82. The Balaban J connectivity index is 1.98. The van der Waals surface area contributed by atoms with E-state index < -0.39 is 5.97 Å². The van der Waals surface area contributed by atoms with Crippen molar-refractivity contribution in [3.63, 3.8) is 0 Å². The fourth-order valence-electron chi connectivity index (χ4n) is 1.87. The van der Waals surface area contributed by atoms with Crippen LogP contribution >= 0.6 is 0 Å². The Morgan fingerprint density at radius 3 is 3.17 bits per heavy atom. The largest absolute Gasteiger partial charge is 0.497 e. The number of benzene rings is 1. The highest BCUT2D eigenvalue weighted by Gasteiger charge is 2.20. The maximum absolute atomic E-state index is 10.5. The van der Waals surface area contributed by atoms with E-state index in [1.165, 1.54) is 0 Å². The Bertz CT molecular complexity index is 470. The summed E-state index contributed by atoms with van der Waals surface area (Å²) in [5.41, 5.74) is 1.10. The molecule has 1 atom stereocenters. The van der Waals surface area contributed by atoms with Crippen LogP contribution in [0.25, 0.3) is 0 Å². The second-order valence-electron chi connectivity index (χ2n) is 4.11. The van der Waals surface area contributed by atoms with Crippen molar-refractivity contribution in [3.8, 4) is 5.75 Å². The van der Waals surface area contributed by atoms with E-state index in [4.69, 9.17) is 14.6 Å². The number of rotatable bonds is 5. The lowest BCUT2D eigenvalue weighted by Gasteiger charge is -2.06. The highest BCUT2D eigenvalue weighted by atomic mass is 16.5. The number of carboxylic acid groups (broad SMARTS) is 1. The molecule has 1 aromatic rings. The van der Waals surface area contributed by atoms with Crippen LogP contribution in [-0.2, 0) is 16.0 Å². The minimum absolute atomic E-state index is 0.00791. The van der Waals surface area contributed by atoms with Gasteiger partial charge in [0, 0.05) is 0 Å². The van der Waals surface area contributed by atoms with Gasteiger partial charge in [-0.3, -0.25) is 4.79 Å². The normalized spacial score (nSPS) is 18.1. The van der Waals surface area contributed by atoms with Gasteiger partial charge >= 0.3 is 5.97 Å². The highest BCUT2D eigenvalue weighted by molar-refractivity contribution is 5.94. The molecule has 5 nitrogen and oxygen atoms in total. The summed E-state index contributed by atoms with van der Waals surface area (Å²) in [5.74, 6) is 0.201. The lowest BCUT2D eigenvalue weighted by molar-refractivity contribution is -0.135. The molecule has 1 N–H and O–H groups in total. The van der Waals surface area contributed by atoms with Gasteiger partial charge in [0.25, 0.3) is 0 Å². The molecule has 0 bridgehead atoms. The lowest BCUT2D eigenvalue weighted by Crippen LogP contribution is -2.10. The van der Waals surface area contributed by atoms with E-state index in [1.54, 1.807) is 7.11 Å². The average molecular weight is 249 g/mol. The number of hydrogen-bond donors (Lipinski definition) is 1. The van der Waals surface area contributed by atoms with Gasteiger partial charge in [0.05, 0.1) is 13.2 Å². The number of ether oxygens (including phenoxy) is 2. The quantitative estimate of drug-likeness (QED) is 0.858. The monoisotopic (exact) mass is 249 g/mol. The standard InChI is InChI=1S/C13H15NO4/c1-17-11-4-2-3-9(6-11)5-10-8-18-12(14-10)7-13(15)16/h2-4,6,10H,5,7-8H2,1H3,(H,15,16). The SMILES string of the molecule is COc1cccc(CC2COC(CC(=O)O)=N2)c1. The molecule has 0 spiro atoms. The summed E-state index contributed by atoms with van der Waals surface area (Å²) >= 11 is 0.